The Hall–Kier alpha value is -4.63. The molecule has 1 aliphatic rings. The van der Waals surface area contributed by atoms with E-state index in [1.165, 1.54) is 18.4 Å². The van der Waals surface area contributed by atoms with Gasteiger partial charge in [0.1, 0.15) is 23.9 Å². The second-order valence-corrected chi connectivity index (χ2v) is 10.5. The van der Waals surface area contributed by atoms with Crippen LogP contribution in [0.1, 0.15) is 35.2 Å². The van der Waals surface area contributed by atoms with Crippen LogP contribution >= 0.6 is 11.3 Å². The van der Waals surface area contributed by atoms with Gasteiger partial charge < -0.3 is 18.9 Å². The molecule has 0 saturated heterocycles. The lowest BCUT2D eigenvalue weighted by Gasteiger charge is -2.24. The predicted molar refractivity (Wildman–Crippen MR) is 157 cm³/mol. The van der Waals surface area contributed by atoms with Crippen LogP contribution in [-0.2, 0) is 16.1 Å². The monoisotopic (exact) mass is 570 g/mol. The molecule has 1 unspecified atom stereocenters. The predicted octanol–water partition coefficient (Wildman–Crippen LogP) is 4.31. The Bertz CT molecular complexity index is 1820. The summed E-state index contributed by atoms with van der Waals surface area (Å²) in [6, 6.07) is 20.1. The zero-order chi connectivity index (χ0) is 29.1. The summed E-state index contributed by atoms with van der Waals surface area (Å²) in [5, 5.41) is 0. The fourth-order valence-corrected chi connectivity index (χ4v) is 5.87. The third kappa shape index (κ3) is 5.53. The van der Waals surface area contributed by atoms with Crippen molar-refractivity contribution in [3.05, 3.63) is 120 Å². The van der Waals surface area contributed by atoms with Crippen LogP contribution in [0.3, 0.4) is 0 Å². The van der Waals surface area contributed by atoms with Crippen molar-refractivity contribution in [1.82, 2.24) is 4.57 Å². The molecule has 0 radical (unpaired) electrons. The zero-order valence-corrected chi connectivity index (χ0v) is 24.3. The quantitative estimate of drug-likeness (QED) is 0.294. The molecule has 3 aromatic carbocycles. The third-order valence-electron chi connectivity index (χ3n) is 6.94. The molecule has 0 bridgehead atoms. The number of aryl methyl sites for hydroxylation is 1. The number of esters is 1. The highest BCUT2D eigenvalue weighted by atomic mass is 32.1. The van der Waals surface area contributed by atoms with E-state index in [1.807, 2.05) is 67.6 Å². The number of allylic oxidation sites excluding steroid dienone is 1. The van der Waals surface area contributed by atoms with Crippen molar-refractivity contribution in [2.45, 2.75) is 26.5 Å². The molecule has 1 aromatic heterocycles. The van der Waals surface area contributed by atoms with Gasteiger partial charge in [-0.25, -0.2) is 9.79 Å². The molecule has 4 aromatic rings. The van der Waals surface area contributed by atoms with Crippen molar-refractivity contribution in [1.29, 1.82) is 0 Å². The number of ether oxygens (including phenoxy) is 4. The number of benzene rings is 3. The van der Waals surface area contributed by atoms with Gasteiger partial charge in [0.05, 0.1) is 43.2 Å². The van der Waals surface area contributed by atoms with Crippen molar-refractivity contribution >= 4 is 23.4 Å². The maximum Gasteiger partial charge on any atom is 0.338 e. The fourth-order valence-electron chi connectivity index (χ4n) is 4.82. The van der Waals surface area contributed by atoms with Crippen LogP contribution < -0.4 is 29.1 Å². The van der Waals surface area contributed by atoms with E-state index < -0.39 is 12.0 Å². The van der Waals surface area contributed by atoms with Crippen LogP contribution in [0.4, 0.5) is 0 Å². The van der Waals surface area contributed by atoms with E-state index in [-0.39, 0.29) is 5.56 Å². The molecule has 41 heavy (non-hydrogen) atoms. The van der Waals surface area contributed by atoms with Gasteiger partial charge in [-0.1, -0.05) is 47.7 Å². The number of hydrogen-bond acceptors (Lipinski definition) is 8. The second-order valence-electron chi connectivity index (χ2n) is 9.47. The van der Waals surface area contributed by atoms with Crippen LogP contribution in [0.5, 0.6) is 17.2 Å². The lowest BCUT2D eigenvalue weighted by Crippen LogP contribution is -2.39. The lowest BCUT2D eigenvalue weighted by atomic mass is 9.96. The van der Waals surface area contributed by atoms with Gasteiger partial charge in [-0.3, -0.25) is 9.36 Å². The third-order valence-corrected chi connectivity index (χ3v) is 7.92. The Labute approximate surface area is 241 Å². The first kappa shape index (κ1) is 27.9. The molecule has 0 N–H and O–H groups in total. The lowest BCUT2D eigenvalue weighted by molar-refractivity contribution is -0.136. The number of aromatic nitrogens is 1. The summed E-state index contributed by atoms with van der Waals surface area (Å²) in [5.41, 5.74) is 4.01. The molecule has 0 saturated carbocycles. The number of nitrogens with zero attached hydrogens (tertiary/aromatic N) is 2. The minimum absolute atomic E-state index is 0.253. The summed E-state index contributed by atoms with van der Waals surface area (Å²) in [7, 11) is 4.52. The smallest absolute Gasteiger partial charge is 0.338 e. The van der Waals surface area contributed by atoms with E-state index in [4.69, 9.17) is 18.9 Å². The van der Waals surface area contributed by atoms with Gasteiger partial charge >= 0.3 is 5.97 Å². The maximum absolute atomic E-state index is 13.9. The SMILES string of the molecule is COC(=O)C1=C(C)N=c2s/c(=C\c3ccc(OC)c(COc4ccccc4C)c3)c(=O)n2C1c1ccc(OC)cc1. The average molecular weight is 571 g/mol. The maximum atomic E-state index is 13.9. The Morgan fingerprint density at radius 3 is 2.41 bits per heavy atom. The standard InChI is InChI=1S/C32H30N2O6S/c1-19-8-6-7-9-25(19)40-18-23-16-21(10-15-26(23)38-4)17-27-30(35)34-29(22-11-13-24(37-3)14-12-22)28(31(36)39-5)20(2)33-32(34)41-27/h6-17,29H,18H2,1-5H3/b27-17-. The Kier molecular flexibility index (Phi) is 8.07. The first-order valence-electron chi connectivity index (χ1n) is 12.9. The van der Waals surface area contributed by atoms with Crippen LogP contribution in [-0.4, -0.2) is 31.9 Å². The number of rotatable bonds is 8. The van der Waals surface area contributed by atoms with Gasteiger partial charge in [0, 0.05) is 5.56 Å². The molecule has 1 aliphatic heterocycles. The molecule has 5 rings (SSSR count). The molecule has 0 fully saturated rings. The van der Waals surface area contributed by atoms with Crippen molar-refractivity contribution in [3.8, 4) is 17.2 Å². The van der Waals surface area contributed by atoms with Gasteiger partial charge in [-0.2, -0.15) is 0 Å². The summed E-state index contributed by atoms with van der Waals surface area (Å²) < 4.78 is 24.1. The van der Waals surface area contributed by atoms with E-state index in [0.29, 0.717) is 38.7 Å². The van der Waals surface area contributed by atoms with Gasteiger partial charge in [0.2, 0.25) is 0 Å². The second kappa shape index (κ2) is 11.9. The molecule has 0 spiro atoms. The average Bonchev–Trinajstić information content (AvgIpc) is 3.29. The summed E-state index contributed by atoms with van der Waals surface area (Å²) in [6.45, 7) is 4.05. The first-order chi connectivity index (χ1) is 19.8. The van der Waals surface area contributed by atoms with Gasteiger partial charge in [-0.05, 0) is 66.9 Å². The van der Waals surface area contributed by atoms with Crippen LogP contribution in [0, 0.1) is 6.92 Å². The first-order valence-corrected chi connectivity index (χ1v) is 13.8. The molecule has 9 heteroatoms. The number of carbonyl (C=O) groups excluding carboxylic acids is 1. The van der Waals surface area contributed by atoms with Gasteiger partial charge in [0.25, 0.3) is 5.56 Å². The number of hydrogen-bond donors (Lipinski definition) is 0. The summed E-state index contributed by atoms with van der Waals surface area (Å²) in [6.07, 6.45) is 1.82. The van der Waals surface area contributed by atoms with E-state index >= 15 is 0 Å². The summed E-state index contributed by atoms with van der Waals surface area (Å²) in [4.78, 5) is 31.9. The van der Waals surface area contributed by atoms with Gasteiger partial charge in [-0.15, -0.1) is 0 Å². The van der Waals surface area contributed by atoms with Crippen LogP contribution in [0.15, 0.2) is 87.8 Å². The highest BCUT2D eigenvalue weighted by Gasteiger charge is 2.33. The molecule has 0 amide bonds. The number of methoxy groups -OCH3 is 3. The molecule has 0 aliphatic carbocycles. The fraction of sp³-hybridized carbons (Fsp3) is 0.219. The van der Waals surface area contributed by atoms with Crippen molar-refractivity contribution in [3.63, 3.8) is 0 Å². The minimum atomic E-state index is -0.694. The Morgan fingerprint density at radius 1 is 0.976 bits per heavy atom. The largest absolute Gasteiger partial charge is 0.497 e. The molecule has 1 atom stereocenters. The topological polar surface area (TPSA) is 88.4 Å². The summed E-state index contributed by atoms with van der Waals surface area (Å²) >= 11 is 1.27. The molecular weight excluding hydrogens is 540 g/mol. The van der Waals surface area contributed by atoms with Crippen LogP contribution in [0.2, 0.25) is 0 Å². The normalized spacial score (nSPS) is 14.8. The number of para-hydroxylation sites is 1. The van der Waals surface area contributed by atoms with E-state index in [2.05, 4.69) is 4.99 Å². The molecule has 2 heterocycles. The Morgan fingerprint density at radius 2 is 1.73 bits per heavy atom. The highest BCUT2D eigenvalue weighted by molar-refractivity contribution is 7.07. The van der Waals surface area contributed by atoms with Crippen molar-refractivity contribution in [2.24, 2.45) is 4.99 Å². The summed E-state index contributed by atoms with van der Waals surface area (Å²) in [5.74, 6) is 1.62. The molecule has 8 nitrogen and oxygen atoms in total. The number of fused-ring (bicyclic) bond motifs is 1. The highest BCUT2D eigenvalue weighted by Crippen LogP contribution is 2.31. The molecular formula is C32H30N2O6S. The molecule has 210 valence electrons. The van der Waals surface area contributed by atoms with Gasteiger partial charge in [0.15, 0.2) is 4.80 Å². The number of thiazole rings is 1. The van der Waals surface area contributed by atoms with E-state index in [0.717, 1.165) is 28.0 Å². The van der Waals surface area contributed by atoms with E-state index in [9.17, 15) is 9.59 Å². The van der Waals surface area contributed by atoms with E-state index in [1.54, 1.807) is 37.8 Å². The number of carbonyl (C=O) groups is 1. The minimum Gasteiger partial charge on any atom is -0.497 e. The van der Waals surface area contributed by atoms with Crippen molar-refractivity contribution < 1.29 is 23.7 Å². The van der Waals surface area contributed by atoms with Crippen molar-refractivity contribution in [2.75, 3.05) is 21.3 Å². The zero-order valence-electron chi connectivity index (χ0n) is 23.5. The Balaban J connectivity index is 1.58. The van der Waals surface area contributed by atoms with Crippen LogP contribution in [0.25, 0.3) is 6.08 Å².